The fourth-order valence-electron chi connectivity index (χ4n) is 3.79. The highest BCUT2D eigenvalue weighted by atomic mass is 35.5. The summed E-state index contributed by atoms with van der Waals surface area (Å²) in [5, 5.41) is 29.4. The van der Waals surface area contributed by atoms with E-state index in [1.807, 2.05) is 5.32 Å². The summed E-state index contributed by atoms with van der Waals surface area (Å²) in [7, 11) is -7.46. The van der Waals surface area contributed by atoms with Crippen LogP contribution in [0.4, 0.5) is 24.5 Å². The third kappa shape index (κ3) is 15.9. The number of nitrogens with one attached hydrogen (secondary N) is 2. The van der Waals surface area contributed by atoms with E-state index in [9.17, 15) is 55.5 Å². The fraction of sp³-hybridized carbons (Fsp3) is 0.300. The number of anilines is 1. The van der Waals surface area contributed by atoms with Crippen LogP contribution in [-0.2, 0) is 36.6 Å². The molecule has 1 aliphatic heterocycles. The minimum absolute atomic E-state index is 0.125. The van der Waals surface area contributed by atoms with Gasteiger partial charge in [0.1, 0.15) is 24.7 Å². The second-order valence-electron chi connectivity index (χ2n) is 11.2. The van der Waals surface area contributed by atoms with E-state index in [1.54, 1.807) is 38.1 Å². The van der Waals surface area contributed by atoms with Crippen molar-refractivity contribution in [2.45, 2.75) is 26.1 Å². The van der Waals surface area contributed by atoms with Crippen molar-refractivity contribution in [1.82, 2.24) is 9.62 Å². The van der Waals surface area contributed by atoms with Gasteiger partial charge in [0.05, 0.1) is 58.4 Å². The molecule has 0 saturated heterocycles. The zero-order valence-electron chi connectivity index (χ0n) is 28.9. The number of benzene rings is 3. The maximum Gasteiger partial charge on any atom is 0.416 e. The van der Waals surface area contributed by atoms with Crippen LogP contribution in [-0.4, -0.2) is 88.2 Å². The van der Waals surface area contributed by atoms with Crippen molar-refractivity contribution >= 4 is 69.5 Å². The van der Waals surface area contributed by atoms with Crippen molar-refractivity contribution in [3.05, 3.63) is 92.5 Å². The molecule has 0 radical (unpaired) electrons. The van der Waals surface area contributed by atoms with Gasteiger partial charge < -0.3 is 29.3 Å². The molecule has 1 unspecified atom stereocenters. The second-order valence-corrected chi connectivity index (χ2v) is 17.2. The third-order valence-corrected chi connectivity index (χ3v) is 8.30. The molecule has 24 heteroatoms. The summed E-state index contributed by atoms with van der Waals surface area (Å²) in [6.07, 6.45) is 1.30. The SMILES string of the molecule is CC(C)N1C(=O)c2ccccc2NS1(=O)=O.C[S+](C)C.O=C(O)CNCP(=O)([O-])O.O=C(O)c1cc(Oc2ccc(C(F)(F)F)cc2Cl)ccc1[N+](=O)[O-]. The summed E-state index contributed by atoms with van der Waals surface area (Å²) < 4.78 is 79.6. The maximum atomic E-state index is 12.6. The molecular weight excluding hydrogens is 812 g/mol. The number of nitro groups is 1. The highest BCUT2D eigenvalue weighted by molar-refractivity contribution is 7.94. The van der Waals surface area contributed by atoms with Crippen LogP contribution in [0.15, 0.2) is 60.7 Å². The van der Waals surface area contributed by atoms with Gasteiger partial charge in [-0.2, -0.15) is 21.6 Å². The number of carboxylic acids is 2. The molecule has 3 aromatic rings. The summed E-state index contributed by atoms with van der Waals surface area (Å²) in [6.45, 7) is 2.84. The Bertz CT molecular complexity index is 1980. The number of rotatable bonds is 9. The summed E-state index contributed by atoms with van der Waals surface area (Å²) >= 11 is 5.72. The molecule has 0 aromatic heterocycles. The zero-order chi connectivity index (χ0) is 41.8. The van der Waals surface area contributed by atoms with Crippen LogP contribution in [0.3, 0.4) is 0 Å². The number of carbonyl (C=O) groups is 3. The van der Waals surface area contributed by atoms with E-state index in [0.717, 1.165) is 34.6 Å². The summed E-state index contributed by atoms with van der Waals surface area (Å²) in [5.41, 5.74) is -1.53. The first kappa shape index (κ1) is 47.6. The second kappa shape index (κ2) is 20.3. The molecule has 0 bridgehead atoms. The number of aliphatic carboxylic acids is 1. The lowest BCUT2D eigenvalue weighted by atomic mass is 10.1. The lowest BCUT2D eigenvalue weighted by Gasteiger charge is -2.31. The first-order valence-electron chi connectivity index (χ1n) is 14.6. The van der Waals surface area contributed by atoms with Crippen LogP contribution in [0.5, 0.6) is 11.5 Å². The van der Waals surface area contributed by atoms with Gasteiger partial charge in [-0.3, -0.25) is 29.7 Å². The Labute approximate surface area is 314 Å². The van der Waals surface area contributed by atoms with Gasteiger partial charge in [-0.1, -0.05) is 23.7 Å². The van der Waals surface area contributed by atoms with E-state index in [1.165, 1.54) is 0 Å². The van der Waals surface area contributed by atoms with Crippen LogP contribution in [0.25, 0.3) is 0 Å². The highest BCUT2D eigenvalue weighted by Crippen LogP contribution is 2.37. The molecule has 5 N–H and O–H groups in total. The van der Waals surface area contributed by atoms with Crippen LogP contribution in [0.1, 0.15) is 40.1 Å². The topological polar surface area (TPSA) is 266 Å². The number of alkyl halides is 3. The number of hydrogen-bond donors (Lipinski definition) is 5. The number of aromatic carboxylic acids is 1. The number of hydrogen-bond acceptors (Lipinski definition) is 11. The van der Waals surface area contributed by atoms with Crippen molar-refractivity contribution in [3.8, 4) is 11.5 Å². The Morgan fingerprint density at radius 1 is 1.09 bits per heavy atom. The summed E-state index contributed by atoms with van der Waals surface area (Å²) in [5.74, 6) is -3.49. The first-order valence-corrected chi connectivity index (χ1v) is 20.7. The molecule has 298 valence electrons. The van der Waals surface area contributed by atoms with E-state index in [-0.39, 0.29) is 16.5 Å². The van der Waals surface area contributed by atoms with E-state index in [2.05, 4.69) is 23.5 Å². The standard InChI is InChI=1S/C14H7ClF3NO5.C10H12N2O3S.C3H8NO5P.C3H9S/c15-10-5-7(14(16,17)18)1-4-12(10)24-8-2-3-11(19(22)23)9(6-8)13(20)21;1-7(2)12-10(13)8-5-3-4-6-9(8)11-16(12,14)15;5-3(6)1-4-2-10(7,8)9;1-4(2)3/h1-6H,(H,20,21);3-7,11H,1-2H3;4H,1-2H2,(H,5,6)(H2,7,8,9);1-3H3/q;;;+1/p-1. The van der Waals surface area contributed by atoms with Gasteiger partial charge in [0.15, 0.2) is 0 Å². The molecule has 1 heterocycles. The lowest BCUT2D eigenvalue weighted by molar-refractivity contribution is -0.385. The average Bonchev–Trinajstić information content (AvgIpc) is 3.00. The van der Waals surface area contributed by atoms with Crippen molar-refractivity contribution in [1.29, 1.82) is 0 Å². The molecule has 0 spiro atoms. The predicted octanol–water partition coefficient (Wildman–Crippen LogP) is 4.62. The van der Waals surface area contributed by atoms with Crippen molar-refractivity contribution in [3.63, 3.8) is 0 Å². The number of nitro benzene ring substituents is 1. The van der Waals surface area contributed by atoms with Crippen LogP contribution < -0.4 is 19.7 Å². The molecule has 1 aliphatic rings. The van der Waals surface area contributed by atoms with Gasteiger partial charge >= 0.3 is 28.3 Å². The number of carboxylic acid groups (broad SMARTS) is 2. The van der Waals surface area contributed by atoms with Gasteiger partial charge in [0.2, 0.25) is 0 Å². The minimum Gasteiger partial charge on any atom is -0.778 e. The number of amides is 1. The largest absolute Gasteiger partial charge is 0.778 e. The number of fused-ring (bicyclic) bond motifs is 1. The molecule has 1 amide bonds. The number of nitrogens with zero attached hydrogens (tertiary/aromatic N) is 2. The Morgan fingerprint density at radius 2 is 1.67 bits per heavy atom. The Balaban J connectivity index is 0.000000417. The lowest BCUT2D eigenvalue weighted by Crippen LogP contribution is -2.48. The normalized spacial score (nSPS) is 14.0. The van der Waals surface area contributed by atoms with Gasteiger partial charge in [0.25, 0.3) is 11.6 Å². The van der Waals surface area contributed by atoms with E-state index in [0.29, 0.717) is 28.2 Å². The highest BCUT2D eigenvalue weighted by Gasteiger charge is 2.37. The molecule has 0 saturated carbocycles. The molecule has 1 atom stereocenters. The minimum atomic E-state index is -4.58. The maximum absolute atomic E-state index is 12.6. The molecule has 4 rings (SSSR count). The van der Waals surface area contributed by atoms with Crippen LogP contribution in [0.2, 0.25) is 5.02 Å². The Morgan fingerprint density at radius 3 is 2.13 bits per heavy atom. The number of carbonyl (C=O) groups excluding carboxylic acids is 1. The summed E-state index contributed by atoms with van der Waals surface area (Å²) in [4.78, 5) is 60.7. The molecular formula is C30H35ClF3N4O13PS2. The van der Waals surface area contributed by atoms with Gasteiger partial charge in [0, 0.05) is 18.2 Å². The van der Waals surface area contributed by atoms with Gasteiger partial charge in [-0.15, -0.1) is 0 Å². The quantitative estimate of drug-likeness (QED) is 0.0852. The fourth-order valence-corrected chi connectivity index (χ4v) is 5.83. The first-order chi connectivity index (χ1) is 24.7. The molecule has 17 nitrogen and oxygen atoms in total. The predicted molar refractivity (Wildman–Crippen MR) is 192 cm³/mol. The van der Waals surface area contributed by atoms with E-state index < -0.39 is 82.4 Å². The smallest absolute Gasteiger partial charge is 0.416 e. The molecule has 0 fully saturated rings. The van der Waals surface area contributed by atoms with Crippen molar-refractivity contribution in [2.75, 3.05) is 36.3 Å². The Kier molecular flexibility index (Phi) is 17.9. The molecule has 0 aliphatic carbocycles. The molecule has 3 aromatic carbocycles. The average molecular weight is 847 g/mol. The van der Waals surface area contributed by atoms with Crippen molar-refractivity contribution in [2.24, 2.45) is 0 Å². The molecule has 54 heavy (non-hydrogen) atoms. The zero-order valence-corrected chi connectivity index (χ0v) is 32.1. The van der Waals surface area contributed by atoms with Crippen LogP contribution in [0, 0.1) is 10.1 Å². The van der Waals surface area contributed by atoms with Gasteiger partial charge in [-0.25, -0.2) is 9.10 Å². The van der Waals surface area contributed by atoms with Gasteiger partial charge in [-0.05, 0) is 61.1 Å². The van der Waals surface area contributed by atoms with E-state index in [4.69, 9.17) is 31.4 Å². The number of para-hydroxylation sites is 1. The monoisotopic (exact) mass is 846 g/mol. The third-order valence-electron chi connectivity index (χ3n) is 5.79. The Hall–Kier alpha value is -4.44. The summed E-state index contributed by atoms with van der Waals surface area (Å²) in [6, 6.07) is 11.4. The number of ether oxygens (including phenoxy) is 1. The van der Waals surface area contributed by atoms with E-state index >= 15 is 0 Å². The van der Waals surface area contributed by atoms with Crippen LogP contribution >= 0.6 is 19.2 Å². The van der Waals surface area contributed by atoms with Crippen molar-refractivity contribution < 1.29 is 70.2 Å². The number of halogens is 4.